The Morgan fingerprint density at radius 2 is 1.93 bits per heavy atom. The minimum atomic E-state index is -0.214. The second-order valence-electron chi connectivity index (χ2n) is 10.1. The first kappa shape index (κ1) is 20.5. The van der Waals surface area contributed by atoms with Crippen LogP contribution in [0.2, 0.25) is 0 Å². The average Bonchev–Trinajstić information content (AvgIpc) is 2.57. The van der Waals surface area contributed by atoms with Gasteiger partial charge in [0.1, 0.15) is 17.1 Å². The van der Waals surface area contributed by atoms with E-state index in [0.29, 0.717) is 17.6 Å². The van der Waals surface area contributed by atoms with Crippen molar-refractivity contribution in [3.8, 4) is 11.5 Å². The molecular weight excluding hydrogens is 334 g/mol. The van der Waals surface area contributed by atoms with Gasteiger partial charge in [0.25, 0.3) is 0 Å². The molecule has 1 unspecified atom stereocenters. The number of hydrogen-bond donors (Lipinski definition) is 2. The molecule has 1 heterocycles. The highest BCUT2D eigenvalue weighted by atomic mass is 16.5. The Labute approximate surface area is 165 Å². The van der Waals surface area contributed by atoms with Crippen LogP contribution in [0.25, 0.3) is 0 Å². The number of nitrogens with two attached hydrogens (primary N) is 1. The smallest absolute Gasteiger partial charge is 0.127 e. The van der Waals surface area contributed by atoms with Gasteiger partial charge in [-0.1, -0.05) is 46.5 Å². The molecule has 1 fully saturated rings. The van der Waals surface area contributed by atoms with Crippen molar-refractivity contribution in [1.29, 1.82) is 0 Å². The molecule has 1 aromatic rings. The van der Waals surface area contributed by atoms with E-state index >= 15 is 0 Å². The molecule has 0 saturated heterocycles. The minimum Gasteiger partial charge on any atom is -0.508 e. The summed E-state index contributed by atoms with van der Waals surface area (Å²) in [4.78, 5) is 0. The molecule has 0 amide bonds. The Kier molecular flexibility index (Phi) is 5.82. The van der Waals surface area contributed by atoms with Crippen molar-refractivity contribution in [2.75, 3.05) is 0 Å². The standard InChI is InChI=1S/C24H39NO2/c1-6-7-8-9-12-23(2,3)16-13-20(26)22-18-15-17(25)10-11-19(18)24(4,5)27-21(22)14-16/h13-14,17-19,26H,6-12,15,25H2,1-5H3/t17?,18-,19+/m1/s1. The van der Waals surface area contributed by atoms with Crippen molar-refractivity contribution in [3.05, 3.63) is 23.3 Å². The molecule has 1 aliphatic heterocycles. The van der Waals surface area contributed by atoms with Gasteiger partial charge in [0, 0.05) is 17.5 Å². The number of phenols is 1. The molecule has 3 heteroatoms. The quantitative estimate of drug-likeness (QED) is 0.599. The molecule has 0 radical (unpaired) electrons. The zero-order valence-electron chi connectivity index (χ0n) is 18.0. The third-order valence-electron chi connectivity index (χ3n) is 7.08. The van der Waals surface area contributed by atoms with E-state index in [9.17, 15) is 5.11 Å². The Balaban J connectivity index is 1.91. The number of benzene rings is 1. The second kappa shape index (κ2) is 7.66. The van der Waals surface area contributed by atoms with Gasteiger partial charge in [0.15, 0.2) is 0 Å². The number of unbranched alkanes of at least 4 members (excludes halogenated alkanes) is 3. The van der Waals surface area contributed by atoms with Crippen LogP contribution in [0.4, 0.5) is 0 Å². The third kappa shape index (κ3) is 4.13. The van der Waals surface area contributed by atoms with Gasteiger partial charge in [-0.2, -0.15) is 0 Å². The molecule has 3 N–H and O–H groups in total. The average molecular weight is 374 g/mol. The van der Waals surface area contributed by atoms with Crippen molar-refractivity contribution < 1.29 is 9.84 Å². The summed E-state index contributed by atoms with van der Waals surface area (Å²) in [6, 6.07) is 4.42. The number of hydrogen-bond acceptors (Lipinski definition) is 3. The molecule has 3 atom stereocenters. The number of ether oxygens (including phenoxy) is 1. The Hall–Kier alpha value is -1.22. The number of aromatic hydroxyl groups is 1. The van der Waals surface area contributed by atoms with E-state index in [1.165, 1.54) is 31.2 Å². The molecule has 152 valence electrons. The molecule has 0 aromatic heterocycles. The summed E-state index contributed by atoms with van der Waals surface area (Å²) < 4.78 is 6.48. The van der Waals surface area contributed by atoms with Crippen LogP contribution < -0.4 is 10.5 Å². The van der Waals surface area contributed by atoms with E-state index in [1.807, 2.05) is 6.07 Å². The molecule has 0 spiro atoms. The zero-order valence-corrected chi connectivity index (χ0v) is 18.0. The largest absolute Gasteiger partial charge is 0.508 e. The summed E-state index contributed by atoms with van der Waals surface area (Å²) in [6.07, 6.45) is 9.26. The Morgan fingerprint density at radius 1 is 1.19 bits per heavy atom. The Bertz CT molecular complexity index is 665. The second-order valence-corrected chi connectivity index (χ2v) is 10.1. The number of fused-ring (bicyclic) bond motifs is 3. The lowest BCUT2D eigenvalue weighted by Gasteiger charge is -2.49. The SMILES string of the molecule is CCCCCCC(C)(C)c1cc(O)c2c(c1)OC(C)(C)[C@H]1CCC(N)C[C@@H]21. The zero-order chi connectivity index (χ0) is 19.8. The molecule has 1 saturated carbocycles. The maximum Gasteiger partial charge on any atom is 0.127 e. The first-order valence-corrected chi connectivity index (χ1v) is 11.0. The highest BCUT2D eigenvalue weighted by Crippen LogP contribution is 2.55. The number of rotatable bonds is 6. The predicted octanol–water partition coefficient (Wildman–Crippen LogP) is 6.02. The van der Waals surface area contributed by atoms with Crippen LogP contribution in [0, 0.1) is 5.92 Å². The molecule has 3 nitrogen and oxygen atoms in total. The van der Waals surface area contributed by atoms with E-state index in [2.05, 4.69) is 40.7 Å². The fourth-order valence-corrected chi connectivity index (χ4v) is 5.31. The van der Waals surface area contributed by atoms with Gasteiger partial charge in [-0.15, -0.1) is 0 Å². The van der Waals surface area contributed by atoms with E-state index < -0.39 is 0 Å². The molecule has 2 aliphatic rings. The van der Waals surface area contributed by atoms with Gasteiger partial charge >= 0.3 is 0 Å². The van der Waals surface area contributed by atoms with Gasteiger partial charge in [0.2, 0.25) is 0 Å². The summed E-state index contributed by atoms with van der Waals surface area (Å²) in [5.41, 5.74) is 8.30. The fraction of sp³-hybridized carbons (Fsp3) is 0.750. The topological polar surface area (TPSA) is 55.5 Å². The van der Waals surface area contributed by atoms with Gasteiger partial charge < -0.3 is 15.6 Å². The van der Waals surface area contributed by atoms with Crippen molar-refractivity contribution >= 4 is 0 Å². The molecule has 0 bridgehead atoms. The highest BCUT2D eigenvalue weighted by Gasteiger charge is 2.47. The monoisotopic (exact) mass is 373 g/mol. The summed E-state index contributed by atoms with van der Waals surface area (Å²) in [7, 11) is 0. The fourth-order valence-electron chi connectivity index (χ4n) is 5.31. The third-order valence-corrected chi connectivity index (χ3v) is 7.08. The summed E-state index contributed by atoms with van der Waals surface area (Å²) in [5, 5.41) is 11.0. The van der Waals surface area contributed by atoms with Crippen molar-refractivity contribution in [2.24, 2.45) is 11.7 Å². The first-order chi connectivity index (χ1) is 12.7. The van der Waals surface area contributed by atoms with Gasteiger partial charge in [-0.05, 0) is 68.6 Å². The van der Waals surface area contributed by atoms with Crippen LogP contribution in [-0.4, -0.2) is 16.7 Å². The van der Waals surface area contributed by atoms with E-state index in [1.54, 1.807) is 0 Å². The van der Waals surface area contributed by atoms with Crippen molar-refractivity contribution in [2.45, 2.75) is 109 Å². The van der Waals surface area contributed by atoms with E-state index in [-0.39, 0.29) is 17.1 Å². The summed E-state index contributed by atoms with van der Waals surface area (Å²) in [5.74, 6) is 2.01. The lowest BCUT2D eigenvalue weighted by atomic mass is 9.65. The Morgan fingerprint density at radius 3 is 2.63 bits per heavy atom. The van der Waals surface area contributed by atoms with Crippen LogP contribution in [-0.2, 0) is 5.41 Å². The minimum absolute atomic E-state index is 0.0353. The molecular formula is C24H39NO2. The van der Waals surface area contributed by atoms with Crippen LogP contribution in [0.3, 0.4) is 0 Å². The lowest BCUT2D eigenvalue weighted by Crippen LogP contribution is -2.48. The van der Waals surface area contributed by atoms with Gasteiger partial charge in [-0.25, -0.2) is 0 Å². The van der Waals surface area contributed by atoms with Crippen LogP contribution >= 0.6 is 0 Å². The normalized spacial score (nSPS) is 26.8. The van der Waals surface area contributed by atoms with Crippen molar-refractivity contribution in [3.63, 3.8) is 0 Å². The summed E-state index contributed by atoms with van der Waals surface area (Å²) in [6.45, 7) is 11.2. The maximum atomic E-state index is 11.0. The van der Waals surface area contributed by atoms with E-state index in [0.717, 1.165) is 37.0 Å². The van der Waals surface area contributed by atoms with Crippen LogP contribution in [0.5, 0.6) is 11.5 Å². The van der Waals surface area contributed by atoms with Crippen molar-refractivity contribution in [1.82, 2.24) is 0 Å². The summed E-state index contributed by atoms with van der Waals surface area (Å²) >= 11 is 0. The maximum absolute atomic E-state index is 11.0. The number of phenolic OH excluding ortho intramolecular Hbond substituents is 1. The predicted molar refractivity (Wildman–Crippen MR) is 113 cm³/mol. The molecule has 1 aromatic carbocycles. The van der Waals surface area contributed by atoms with Gasteiger partial charge in [0.05, 0.1) is 0 Å². The van der Waals surface area contributed by atoms with Crippen LogP contribution in [0.15, 0.2) is 12.1 Å². The van der Waals surface area contributed by atoms with E-state index in [4.69, 9.17) is 10.5 Å². The highest BCUT2D eigenvalue weighted by molar-refractivity contribution is 5.53. The molecule has 27 heavy (non-hydrogen) atoms. The lowest BCUT2D eigenvalue weighted by molar-refractivity contribution is -0.00997. The molecule has 1 aliphatic carbocycles. The first-order valence-electron chi connectivity index (χ1n) is 11.0. The molecule has 3 rings (SSSR count). The van der Waals surface area contributed by atoms with Gasteiger partial charge in [-0.3, -0.25) is 0 Å². The van der Waals surface area contributed by atoms with Crippen LogP contribution in [0.1, 0.15) is 103 Å².